The van der Waals surface area contributed by atoms with Gasteiger partial charge in [-0.15, -0.1) is 0 Å². The second-order valence-electron chi connectivity index (χ2n) is 5.56. The molecule has 1 nitrogen and oxygen atoms in total. The van der Waals surface area contributed by atoms with Crippen LogP contribution in [0.2, 0.25) is 0 Å². The summed E-state index contributed by atoms with van der Waals surface area (Å²) in [6.07, 6.45) is -7.45. The van der Waals surface area contributed by atoms with Crippen molar-refractivity contribution in [3.63, 3.8) is 0 Å². The van der Waals surface area contributed by atoms with Crippen LogP contribution in [0.3, 0.4) is 0 Å². The molecule has 0 amide bonds. The maximum absolute atomic E-state index is 13.4. The van der Waals surface area contributed by atoms with Gasteiger partial charge >= 0.3 is 12.1 Å². The summed E-state index contributed by atoms with van der Waals surface area (Å²) in [5.74, 6) is -4.99. The lowest BCUT2D eigenvalue weighted by Crippen LogP contribution is -2.42. The molecular formula is C17H15F5O. The Bertz CT molecular complexity index is 662. The zero-order chi connectivity index (χ0) is 17.3. The smallest absolute Gasteiger partial charge is 0.385 e. The van der Waals surface area contributed by atoms with E-state index in [-0.39, 0.29) is 5.56 Å². The summed E-state index contributed by atoms with van der Waals surface area (Å²) in [7, 11) is 0. The van der Waals surface area contributed by atoms with Crippen LogP contribution in [0, 0.1) is 0 Å². The molecule has 2 rings (SSSR count). The van der Waals surface area contributed by atoms with E-state index in [2.05, 4.69) is 0 Å². The Hall–Kier alpha value is -1.95. The summed E-state index contributed by atoms with van der Waals surface area (Å²) >= 11 is 0. The normalized spacial score (nSPS) is 15.3. The fourth-order valence-corrected chi connectivity index (χ4v) is 2.45. The van der Waals surface area contributed by atoms with Crippen LogP contribution >= 0.6 is 0 Å². The fourth-order valence-electron chi connectivity index (χ4n) is 2.45. The van der Waals surface area contributed by atoms with E-state index in [4.69, 9.17) is 0 Å². The maximum Gasteiger partial charge on any atom is 0.453 e. The molecule has 0 spiro atoms. The van der Waals surface area contributed by atoms with E-state index in [1.54, 1.807) is 42.5 Å². The van der Waals surface area contributed by atoms with Crippen molar-refractivity contribution in [3.05, 3.63) is 60.2 Å². The van der Waals surface area contributed by atoms with Crippen LogP contribution in [-0.4, -0.2) is 17.2 Å². The Morgan fingerprint density at radius 2 is 1.35 bits per heavy atom. The lowest BCUT2D eigenvalue weighted by Gasteiger charge is -2.31. The molecule has 0 radical (unpaired) electrons. The van der Waals surface area contributed by atoms with Crippen LogP contribution in [0.1, 0.15) is 18.9 Å². The van der Waals surface area contributed by atoms with Gasteiger partial charge in [-0.05, 0) is 23.6 Å². The highest BCUT2D eigenvalue weighted by Gasteiger charge is 2.60. The Morgan fingerprint density at radius 3 is 1.91 bits per heavy atom. The van der Waals surface area contributed by atoms with Gasteiger partial charge in [0, 0.05) is 0 Å². The minimum Gasteiger partial charge on any atom is -0.385 e. The van der Waals surface area contributed by atoms with Gasteiger partial charge in [0.05, 0.1) is 12.0 Å². The molecule has 0 aromatic heterocycles. The SMILES string of the molecule is CC(O)(CC(F)(F)C(F)(F)F)c1ccccc1-c1ccccc1. The molecule has 0 aliphatic carbocycles. The van der Waals surface area contributed by atoms with Gasteiger partial charge in [0.25, 0.3) is 0 Å². The van der Waals surface area contributed by atoms with Gasteiger partial charge in [0.1, 0.15) is 0 Å². The predicted octanol–water partition coefficient (Wildman–Crippen LogP) is 5.15. The van der Waals surface area contributed by atoms with Crippen molar-refractivity contribution in [1.82, 2.24) is 0 Å². The van der Waals surface area contributed by atoms with Crippen LogP contribution in [0.25, 0.3) is 11.1 Å². The van der Waals surface area contributed by atoms with E-state index in [1.807, 2.05) is 0 Å². The van der Waals surface area contributed by atoms with Crippen molar-refractivity contribution in [2.24, 2.45) is 0 Å². The zero-order valence-corrected chi connectivity index (χ0v) is 12.2. The van der Waals surface area contributed by atoms with Crippen LogP contribution in [0.4, 0.5) is 22.0 Å². The number of hydrogen-bond donors (Lipinski definition) is 1. The molecule has 1 N–H and O–H groups in total. The van der Waals surface area contributed by atoms with E-state index < -0.39 is 24.1 Å². The Morgan fingerprint density at radius 1 is 0.826 bits per heavy atom. The number of benzene rings is 2. The third-order valence-corrected chi connectivity index (χ3v) is 3.57. The van der Waals surface area contributed by atoms with Crippen molar-refractivity contribution in [2.45, 2.75) is 31.0 Å². The summed E-state index contributed by atoms with van der Waals surface area (Å²) in [5, 5.41) is 10.3. The lowest BCUT2D eigenvalue weighted by molar-refractivity contribution is -0.296. The first-order valence-corrected chi connectivity index (χ1v) is 6.86. The first-order valence-electron chi connectivity index (χ1n) is 6.86. The van der Waals surface area contributed by atoms with Crippen molar-refractivity contribution < 1.29 is 27.1 Å². The molecule has 2 aromatic rings. The minimum absolute atomic E-state index is 0.0233. The van der Waals surface area contributed by atoms with Crippen LogP contribution in [-0.2, 0) is 5.60 Å². The molecule has 0 bridgehead atoms. The summed E-state index contributed by atoms with van der Waals surface area (Å²) in [6, 6.07) is 14.6. The van der Waals surface area contributed by atoms with E-state index in [0.29, 0.717) is 11.1 Å². The van der Waals surface area contributed by atoms with Crippen molar-refractivity contribution in [3.8, 4) is 11.1 Å². The Labute approximate surface area is 130 Å². The molecule has 124 valence electrons. The van der Waals surface area contributed by atoms with E-state index in [1.165, 1.54) is 12.1 Å². The molecule has 0 fully saturated rings. The monoisotopic (exact) mass is 330 g/mol. The van der Waals surface area contributed by atoms with Crippen molar-refractivity contribution in [2.75, 3.05) is 0 Å². The zero-order valence-electron chi connectivity index (χ0n) is 12.2. The Kier molecular flexibility index (Phi) is 4.48. The van der Waals surface area contributed by atoms with Crippen LogP contribution in [0.5, 0.6) is 0 Å². The van der Waals surface area contributed by atoms with E-state index in [9.17, 15) is 27.1 Å². The van der Waals surface area contributed by atoms with Crippen molar-refractivity contribution in [1.29, 1.82) is 0 Å². The average Bonchev–Trinajstić information content (AvgIpc) is 2.46. The molecule has 0 saturated heterocycles. The highest BCUT2D eigenvalue weighted by atomic mass is 19.4. The van der Waals surface area contributed by atoms with Gasteiger partial charge in [0.15, 0.2) is 0 Å². The molecule has 1 atom stereocenters. The van der Waals surface area contributed by atoms with E-state index in [0.717, 1.165) is 6.92 Å². The molecule has 0 aliphatic rings. The fraction of sp³-hybridized carbons (Fsp3) is 0.294. The molecule has 0 heterocycles. The molecular weight excluding hydrogens is 315 g/mol. The van der Waals surface area contributed by atoms with Gasteiger partial charge in [-0.2, -0.15) is 22.0 Å². The summed E-state index contributed by atoms with van der Waals surface area (Å²) in [4.78, 5) is 0. The standard InChI is InChI=1S/C17H15F5O/c1-15(23,11-16(18,19)17(20,21)22)14-10-6-5-9-13(14)12-7-3-2-4-8-12/h2-10,23H,11H2,1H3. The maximum atomic E-state index is 13.4. The lowest BCUT2D eigenvalue weighted by atomic mass is 9.84. The summed E-state index contributed by atoms with van der Waals surface area (Å²) in [6.45, 7) is 0.967. The molecule has 2 aromatic carbocycles. The minimum atomic E-state index is -5.71. The first-order chi connectivity index (χ1) is 10.5. The quantitative estimate of drug-likeness (QED) is 0.769. The average molecular weight is 330 g/mol. The topological polar surface area (TPSA) is 20.2 Å². The van der Waals surface area contributed by atoms with Gasteiger partial charge < -0.3 is 5.11 Å². The van der Waals surface area contributed by atoms with Crippen molar-refractivity contribution >= 4 is 0 Å². The predicted molar refractivity (Wildman–Crippen MR) is 77.1 cm³/mol. The highest BCUT2D eigenvalue weighted by Crippen LogP contribution is 2.45. The first kappa shape index (κ1) is 17.4. The summed E-state index contributed by atoms with van der Waals surface area (Å²) < 4.78 is 64.0. The van der Waals surface area contributed by atoms with Gasteiger partial charge in [0.2, 0.25) is 0 Å². The van der Waals surface area contributed by atoms with Crippen LogP contribution < -0.4 is 0 Å². The van der Waals surface area contributed by atoms with Gasteiger partial charge in [-0.1, -0.05) is 54.6 Å². The molecule has 6 heteroatoms. The van der Waals surface area contributed by atoms with Gasteiger partial charge in [-0.3, -0.25) is 0 Å². The number of hydrogen-bond acceptors (Lipinski definition) is 1. The third kappa shape index (κ3) is 3.69. The largest absolute Gasteiger partial charge is 0.453 e. The number of halogens is 5. The second kappa shape index (κ2) is 5.92. The van der Waals surface area contributed by atoms with E-state index >= 15 is 0 Å². The molecule has 0 aliphatic heterocycles. The second-order valence-corrected chi connectivity index (χ2v) is 5.56. The van der Waals surface area contributed by atoms with Crippen LogP contribution in [0.15, 0.2) is 54.6 Å². The third-order valence-electron chi connectivity index (χ3n) is 3.57. The summed E-state index contributed by atoms with van der Waals surface area (Å²) in [5.41, 5.74) is -1.28. The number of alkyl halides is 5. The molecule has 0 saturated carbocycles. The molecule has 1 unspecified atom stereocenters. The number of aliphatic hydroxyl groups is 1. The molecule has 23 heavy (non-hydrogen) atoms. The van der Waals surface area contributed by atoms with Gasteiger partial charge in [-0.25, -0.2) is 0 Å². The number of rotatable bonds is 4. The Balaban J connectivity index is 2.46. The highest BCUT2D eigenvalue weighted by molar-refractivity contribution is 5.68.